The van der Waals surface area contributed by atoms with Crippen LogP contribution in [0.3, 0.4) is 0 Å². The lowest BCUT2D eigenvalue weighted by molar-refractivity contribution is -0.187. The van der Waals surface area contributed by atoms with Crippen LogP contribution in [0.4, 0.5) is 0 Å². The number of ether oxygens (including phenoxy) is 1. The van der Waals surface area contributed by atoms with Crippen LogP contribution >= 0.6 is 0 Å². The molecule has 0 saturated heterocycles. The van der Waals surface area contributed by atoms with Crippen molar-refractivity contribution in [2.75, 3.05) is 6.61 Å². The average molecular weight is 317 g/mol. The summed E-state index contributed by atoms with van der Waals surface area (Å²) in [5.41, 5.74) is 0.0462. The predicted molar refractivity (Wildman–Crippen MR) is 72.6 cm³/mol. The quantitative estimate of drug-likeness (QED) is 0.287. The standard InChI is InChI=1S/C13H19NO8/c1-4-7(10(18)12(20)13(21)22-4)14-6-2-5(3-15)8(16)11(19)9(6)17/h2,4,6,8,12-21H,3H2,1H3/t4-,6+,8-,12-,13+/m1/s1. The normalized spacial score (nSPS) is 36.4. The number of hydrogen-bond donors (Lipinski definition) is 8. The van der Waals surface area contributed by atoms with Crippen LogP contribution in [0, 0.1) is 0 Å². The van der Waals surface area contributed by atoms with Gasteiger partial charge >= 0.3 is 0 Å². The van der Waals surface area contributed by atoms with Gasteiger partial charge in [0.1, 0.15) is 24.0 Å². The third kappa shape index (κ3) is 2.76. The molecule has 124 valence electrons. The Kier molecular flexibility index (Phi) is 4.63. The number of rotatable bonds is 3. The first-order valence-electron chi connectivity index (χ1n) is 6.60. The fourth-order valence-electron chi connectivity index (χ4n) is 2.32. The molecule has 2 rings (SSSR count). The van der Waals surface area contributed by atoms with Crippen LogP contribution in [0.2, 0.25) is 0 Å². The Morgan fingerprint density at radius 1 is 1.09 bits per heavy atom. The first-order valence-corrected chi connectivity index (χ1v) is 6.60. The zero-order valence-corrected chi connectivity index (χ0v) is 11.7. The van der Waals surface area contributed by atoms with Crippen molar-refractivity contribution in [1.29, 1.82) is 0 Å². The third-order valence-electron chi connectivity index (χ3n) is 3.62. The Bertz CT molecular complexity index is 540. The number of aliphatic hydroxyl groups is 7. The van der Waals surface area contributed by atoms with Crippen LogP contribution in [-0.4, -0.2) is 73.0 Å². The molecule has 0 fully saturated rings. The molecule has 9 nitrogen and oxygen atoms in total. The topological polar surface area (TPSA) is 163 Å². The second-order valence-electron chi connectivity index (χ2n) is 5.11. The van der Waals surface area contributed by atoms with Gasteiger partial charge in [-0.2, -0.15) is 0 Å². The second kappa shape index (κ2) is 6.15. The van der Waals surface area contributed by atoms with Crippen molar-refractivity contribution in [2.45, 2.75) is 37.6 Å². The molecule has 8 N–H and O–H groups in total. The van der Waals surface area contributed by atoms with Gasteiger partial charge in [0.25, 0.3) is 0 Å². The molecule has 1 aliphatic heterocycles. The molecule has 22 heavy (non-hydrogen) atoms. The molecular weight excluding hydrogens is 298 g/mol. The van der Waals surface area contributed by atoms with Crippen LogP contribution in [0.5, 0.6) is 0 Å². The second-order valence-corrected chi connectivity index (χ2v) is 5.11. The molecule has 0 spiro atoms. The zero-order valence-electron chi connectivity index (χ0n) is 11.7. The van der Waals surface area contributed by atoms with Crippen molar-refractivity contribution in [1.82, 2.24) is 5.32 Å². The lowest BCUT2D eigenvalue weighted by atomic mass is 9.96. The van der Waals surface area contributed by atoms with Gasteiger partial charge in [-0.3, -0.25) is 0 Å². The highest BCUT2D eigenvalue weighted by atomic mass is 16.6. The molecule has 0 aromatic heterocycles. The molecule has 0 radical (unpaired) electrons. The number of aliphatic hydroxyl groups excluding tert-OH is 7. The van der Waals surface area contributed by atoms with E-state index >= 15 is 0 Å². The van der Waals surface area contributed by atoms with E-state index in [1.807, 2.05) is 0 Å². The molecule has 9 heteroatoms. The number of nitrogens with one attached hydrogen (secondary N) is 1. The van der Waals surface area contributed by atoms with Crippen LogP contribution in [0.1, 0.15) is 6.92 Å². The highest BCUT2D eigenvalue weighted by Crippen LogP contribution is 2.26. The van der Waals surface area contributed by atoms with Crippen molar-refractivity contribution in [2.24, 2.45) is 0 Å². The van der Waals surface area contributed by atoms with Gasteiger partial charge in [0.2, 0.25) is 0 Å². The summed E-state index contributed by atoms with van der Waals surface area (Å²) >= 11 is 0. The fraction of sp³-hybridized carbons (Fsp3) is 0.538. The molecule has 1 heterocycles. The minimum absolute atomic E-state index is 0.00733. The Morgan fingerprint density at radius 2 is 1.73 bits per heavy atom. The maximum Gasteiger partial charge on any atom is 0.189 e. The van der Waals surface area contributed by atoms with E-state index in [2.05, 4.69) is 5.32 Å². The van der Waals surface area contributed by atoms with Crippen molar-refractivity contribution < 1.29 is 40.5 Å². The van der Waals surface area contributed by atoms with Gasteiger partial charge < -0.3 is 45.8 Å². The Morgan fingerprint density at radius 3 is 2.32 bits per heavy atom. The Hall–Kier alpha value is -1.78. The molecule has 0 aromatic rings. The summed E-state index contributed by atoms with van der Waals surface area (Å²) in [5, 5.41) is 69.8. The van der Waals surface area contributed by atoms with Crippen molar-refractivity contribution in [3.05, 3.63) is 34.6 Å². The summed E-state index contributed by atoms with van der Waals surface area (Å²) < 4.78 is 5.00. The van der Waals surface area contributed by atoms with E-state index in [0.717, 1.165) is 0 Å². The highest BCUT2D eigenvalue weighted by Gasteiger charge is 2.37. The van der Waals surface area contributed by atoms with Gasteiger partial charge in [-0.25, -0.2) is 0 Å². The minimum Gasteiger partial charge on any atom is -0.507 e. The summed E-state index contributed by atoms with van der Waals surface area (Å²) in [4.78, 5) is 0. The van der Waals surface area contributed by atoms with Gasteiger partial charge in [0.05, 0.1) is 12.3 Å². The first kappa shape index (κ1) is 16.6. The van der Waals surface area contributed by atoms with Crippen LogP contribution in [-0.2, 0) is 4.74 Å². The van der Waals surface area contributed by atoms with Gasteiger partial charge in [0.15, 0.2) is 23.9 Å². The van der Waals surface area contributed by atoms with Crippen LogP contribution < -0.4 is 5.32 Å². The molecule has 0 bridgehead atoms. The SMILES string of the molecule is C[C@H]1O[C@H](O)[C@H](O)C(O)=C1N[C@H]1C=C(CO)[C@@H](O)C(O)=C1O. The van der Waals surface area contributed by atoms with Crippen molar-refractivity contribution in [3.63, 3.8) is 0 Å². The van der Waals surface area contributed by atoms with E-state index in [1.165, 1.54) is 13.0 Å². The third-order valence-corrected chi connectivity index (χ3v) is 3.62. The smallest absolute Gasteiger partial charge is 0.189 e. The molecule has 1 aliphatic carbocycles. The maximum atomic E-state index is 9.88. The predicted octanol–water partition coefficient (Wildman–Crippen LogP) is -1.57. The summed E-state index contributed by atoms with van der Waals surface area (Å²) in [7, 11) is 0. The van der Waals surface area contributed by atoms with Gasteiger partial charge in [0, 0.05) is 0 Å². The largest absolute Gasteiger partial charge is 0.507 e. The zero-order chi connectivity index (χ0) is 16.6. The highest BCUT2D eigenvalue weighted by molar-refractivity contribution is 5.35. The summed E-state index contributed by atoms with van der Waals surface area (Å²) in [5.74, 6) is -1.89. The van der Waals surface area contributed by atoms with E-state index in [-0.39, 0.29) is 11.3 Å². The molecule has 0 unspecified atom stereocenters. The van der Waals surface area contributed by atoms with Gasteiger partial charge in [-0.15, -0.1) is 0 Å². The lowest BCUT2D eigenvalue weighted by Gasteiger charge is -2.34. The number of hydrogen-bond acceptors (Lipinski definition) is 9. The van der Waals surface area contributed by atoms with Gasteiger partial charge in [-0.1, -0.05) is 6.08 Å². The van der Waals surface area contributed by atoms with Crippen LogP contribution in [0.15, 0.2) is 34.6 Å². The van der Waals surface area contributed by atoms with E-state index in [4.69, 9.17) is 9.84 Å². The molecule has 0 aromatic carbocycles. The van der Waals surface area contributed by atoms with Crippen molar-refractivity contribution in [3.8, 4) is 0 Å². The van der Waals surface area contributed by atoms with E-state index in [9.17, 15) is 30.6 Å². The molecule has 0 saturated carbocycles. The van der Waals surface area contributed by atoms with Crippen molar-refractivity contribution >= 4 is 0 Å². The molecule has 5 atom stereocenters. The van der Waals surface area contributed by atoms with E-state index in [0.29, 0.717) is 0 Å². The van der Waals surface area contributed by atoms with Crippen LogP contribution in [0.25, 0.3) is 0 Å². The Balaban J connectivity index is 2.31. The first-order chi connectivity index (χ1) is 10.3. The molecular formula is C13H19NO8. The maximum absolute atomic E-state index is 9.88. The summed E-state index contributed by atoms with van der Waals surface area (Å²) in [6.07, 6.45) is -4.32. The molecule has 0 amide bonds. The minimum atomic E-state index is -1.66. The fourth-order valence-corrected chi connectivity index (χ4v) is 2.32. The Labute approximate surface area is 125 Å². The van der Waals surface area contributed by atoms with Gasteiger partial charge in [-0.05, 0) is 12.5 Å². The molecule has 2 aliphatic rings. The lowest BCUT2D eigenvalue weighted by Crippen LogP contribution is -2.47. The summed E-state index contributed by atoms with van der Waals surface area (Å²) in [6.45, 7) is 0.942. The summed E-state index contributed by atoms with van der Waals surface area (Å²) in [6, 6.07) is -1.06. The van der Waals surface area contributed by atoms with E-state index < -0.39 is 54.5 Å². The van der Waals surface area contributed by atoms with E-state index in [1.54, 1.807) is 0 Å². The average Bonchev–Trinajstić information content (AvgIpc) is 2.49. The monoisotopic (exact) mass is 317 g/mol.